The summed E-state index contributed by atoms with van der Waals surface area (Å²) in [4.78, 5) is 42.1. The number of hydrogen-bond acceptors (Lipinski definition) is 11. The standard InChI is InChI=1S/C52H47N7O11S2/c1-27-22-30(4)49(58-52(63)59(53)34-14-8-7-9-15-34)31(5)46(27)54-33-20-21-36-41(24-33)70-42-26-40(44(72(67,68)69)25-38(42)45(36)37-17-11-13-19-43(37)71(64,65)66)55-47-28(2)23-29(3)48(32(47)6)57-51(62)56-39-18-12-10-16-35(39)50(60)61/h7-26,54H,53H2,1-6H3,(H,58,63)(H,60,61)(H2,56,57,62)(H,64,65,66)(H,67,68,69). The SMILES string of the molecule is Cc1cc(C)c(NC(=O)Nc2ccccc2C(=O)O)c(C)c1N=c1cc2oc3cc(Nc4c(C)cc(C)c(NC(=O)N(N)c5ccccc5)c4C)ccc3c(-c3ccccc3S(=O)(=O)O)c-2cc1S(=O)(=O)O. The Kier molecular flexibility index (Phi) is 13.5. The van der Waals surface area contributed by atoms with Crippen LogP contribution in [-0.2, 0) is 20.2 Å². The Hall–Kier alpha value is -8.40. The largest absolute Gasteiger partial charge is 0.478 e. The number of nitrogens with two attached hydrogens (primary N) is 1. The highest BCUT2D eigenvalue weighted by molar-refractivity contribution is 7.86. The van der Waals surface area contributed by atoms with Crippen LogP contribution < -0.4 is 37.5 Å². The third kappa shape index (κ3) is 9.97. The fourth-order valence-electron chi connectivity index (χ4n) is 8.76. The van der Waals surface area contributed by atoms with Gasteiger partial charge in [-0.3, -0.25) is 9.11 Å². The van der Waals surface area contributed by atoms with Crippen molar-refractivity contribution in [2.75, 3.05) is 26.3 Å². The van der Waals surface area contributed by atoms with E-state index in [2.05, 4.69) is 21.3 Å². The number of carboxylic acid groups (broad SMARTS) is 1. The highest BCUT2D eigenvalue weighted by atomic mass is 32.2. The first-order chi connectivity index (χ1) is 34.0. The van der Waals surface area contributed by atoms with E-state index in [1.54, 1.807) is 81.4 Å². The molecule has 0 unspecified atom stereocenters. The number of carbonyl (C=O) groups is 3. The zero-order chi connectivity index (χ0) is 52.0. The summed E-state index contributed by atoms with van der Waals surface area (Å²) in [5.74, 6) is 4.91. The van der Waals surface area contributed by atoms with Crippen LogP contribution in [0.1, 0.15) is 43.7 Å². The molecule has 8 rings (SSSR count). The number of urea groups is 2. The van der Waals surface area contributed by atoms with Gasteiger partial charge >= 0.3 is 18.0 Å². The topological polar surface area (TPSA) is 283 Å². The Morgan fingerprint density at radius 3 is 1.92 bits per heavy atom. The molecular weight excluding hydrogens is 963 g/mol. The molecule has 0 saturated carbocycles. The number of hydrazine groups is 1. The van der Waals surface area contributed by atoms with E-state index < -0.39 is 48.1 Å². The lowest BCUT2D eigenvalue weighted by Gasteiger charge is -2.22. The molecule has 6 aromatic rings. The van der Waals surface area contributed by atoms with Crippen molar-refractivity contribution in [3.8, 4) is 22.5 Å². The lowest BCUT2D eigenvalue weighted by atomic mass is 9.93. The quantitative estimate of drug-likeness (QED) is 0.0197. The first kappa shape index (κ1) is 50.0. The monoisotopic (exact) mass is 1010 g/mol. The molecule has 72 heavy (non-hydrogen) atoms. The number of anilines is 6. The maximum Gasteiger partial charge on any atom is 0.340 e. The molecule has 368 valence electrons. The predicted molar refractivity (Wildman–Crippen MR) is 276 cm³/mol. The van der Waals surface area contributed by atoms with E-state index in [1.165, 1.54) is 48.5 Å². The van der Waals surface area contributed by atoms with Gasteiger partial charge in [0.05, 0.1) is 39.4 Å². The predicted octanol–water partition coefficient (Wildman–Crippen LogP) is 10.8. The summed E-state index contributed by atoms with van der Waals surface area (Å²) in [5.41, 5.74) is 6.58. The van der Waals surface area contributed by atoms with Crippen molar-refractivity contribution in [3.05, 3.63) is 166 Å². The number of aryl methyl sites for hydroxylation is 4. The maximum atomic E-state index is 13.4. The fourth-order valence-corrected chi connectivity index (χ4v) is 10.1. The Morgan fingerprint density at radius 2 is 1.24 bits per heavy atom. The number of aromatic carboxylic acids is 1. The van der Waals surface area contributed by atoms with Crippen LogP contribution in [0.3, 0.4) is 0 Å². The lowest BCUT2D eigenvalue weighted by Crippen LogP contribution is -2.41. The molecular formula is C52H47N7O11S2. The van der Waals surface area contributed by atoms with Gasteiger partial charge in [0.15, 0.2) is 0 Å². The number of carbonyl (C=O) groups excluding carboxylic acids is 2. The lowest BCUT2D eigenvalue weighted by molar-refractivity contribution is 0.0698. The van der Waals surface area contributed by atoms with Gasteiger partial charge in [0.1, 0.15) is 21.1 Å². The van der Waals surface area contributed by atoms with E-state index >= 15 is 0 Å². The molecule has 0 atom stereocenters. The average Bonchev–Trinajstić information content (AvgIpc) is 3.32. The molecule has 1 aliphatic carbocycles. The van der Waals surface area contributed by atoms with Gasteiger partial charge in [0.2, 0.25) is 0 Å². The van der Waals surface area contributed by atoms with Crippen molar-refractivity contribution in [1.29, 1.82) is 0 Å². The van der Waals surface area contributed by atoms with Crippen molar-refractivity contribution < 1.29 is 49.8 Å². The minimum Gasteiger partial charge on any atom is -0.478 e. The minimum absolute atomic E-state index is 0.0133. The van der Waals surface area contributed by atoms with Crippen molar-refractivity contribution >= 4 is 89.0 Å². The molecule has 1 aliphatic heterocycles. The number of amides is 4. The number of hydrogen-bond donors (Lipinski definition) is 8. The molecule has 4 amide bonds. The molecule has 0 spiro atoms. The highest BCUT2D eigenvalue weighted by Crippen LogP contribution is 2.44. The van der Waals surface area contributed by atoms with E-state index in [0.29, 0.717) is 45.0 Å². The molecule has 1 heterocycles. The Morgan fingerprint density at radius 1 is 0.625 bits per heavy atom. The van der Waals surface area contributed by atoms with E-state index in [-0.39, 0.29) is 61.4 Å². The Balaban J connectivity index is 1.29. The van der Waals surface area contributed by atoms with E-state index in [4.69, 9.17) is 15.3 Å². The molecule has 6 aromatic carbocycles. The number of nitrogens with one attached hydrogen (secondary N) is 4. The van der Waals surface area contributed by atoms with Gasteiger partial charge in [0.25, 0.3) is 20.2 Å². The third-order valence-electron chi connectivity index (χ3n) is 12.0. The minimum atomic E-state index is -5.10. The van der Waals surface area contributed by atoms with Crippen LogP contribution in [0.15, 0.2) is 141 Å². The summed E-state index contributed by atoms with van der Waals surface area (Å²) in [6.45, 7) is 10.6. The summed E-state index contributed by atoms with van der Waals surface area (Å²) in [6, 6.07) is 29.7. The zero-order valence-electron chi connectivity index (χ0n) is 39.4. The molecule has 20 heteroatoms. The van der Waals surface area contributed by atoms with Gasteiger partial charge in [-0.25, -0.2) is 30.2 Å². The first-order valence-electron chi connectivity index (χ1n) is 21.9. The Labute approximate surface area is 413 Å². The number of carboxylic acids is 1. The molecule has 0 radical (unpaired) electrons. The van der Waals surface area contributed by atoms with Gasteiger partial charge in [0, 0.05) is 45.6 Å². The molecule has 0 bridgehead atoms. The molecule has 0 saturated heterocycles. The van der Waals surface area contributed by atoms with Crippen LogP contribution in [0.25, 0.3) is 33.4 Å². The van der Waals surface area contributed by atoms with Crippen LogP contribution in [0, 0.1) is 41.5 Å². The normalized spacial score (nSPS) is 11.9. The smallest absolute Gasteiger partial charge is 0.340 e. The molecule has 0 aromatic heterocycles. The Bertz CT molecular complexity index is 3820. The van der Waals surface area contributed by atoms with Crippen molar-refractivity contribution in [1.82, 2.24) is 0 Å². The fraction of sp³-hybridized carbons (Fsp3) is 0.115. The van der Waals surface area contributed by atoms with Crippen LogP contribution in [0.2, 0.25) is 0 Å². The number of benzene rings is 7. The van der Waals surface area contributed by atoms with Gasteiger partial charge in [-0.05, 0) is 123 Å². The second kappa shape index (κ2) is 19.4. The molecule has 18 nitrogen and oxygen atoms in total. The van der Waals surface area contributed by atoms with Gasteiger partial charge in [-0.2, -0.15) is 16.8 Å². The van der Waals surface area contributed by atoms with Crippen LogP contribution in [-0.4, -0.2) is 49.1 Å². The first-order valence-corrected chi connectivity index (χ1v) is 24.8. The summed E-state index contributed by atoms with van der Waals surface area (Å²) in [7, 11) is -9.99. The highest BCUT2D eigenvalue weighted by Gasteiger charge is 2.28. The number of fused-ring (bicyclic) bond motifs is 2. The van der Waals surface area contributed by atoms with E-state index in [0.717, 1.165) is 22.2 Å². The maximum absolute atomic E-state index is 13.4. The van der Waals surface area contributed by atoms with Gasteiger partial charge in [-0.1, -0.05) is 60.7 Å². The molecule has 0 fully saturated rings. The second-order valence-electron chi connectivity index (χ2n) is 17.0. The van der Waals surface area contributed by atoms with E-state index in [1.807, 2.05) is 26.8 Å². The van der Waals surface area contributed by atoms with E-state index in [9.17, 15) is 45.4 Å². The molecule has 2 aliphatic rings. The summed E-state index contributed by atoms with van der Waals surface area (Å²) < 4.78 is 80.4. The van der Waals surface area contributed by atoms with Crippen LogP contribution in [0.4, 0.5) is 49.4 Å². The van der Waals surface area contributed by atoms with Crippen molar-refractivity contribution in [2.45, 2.75) is 51.3 Å². The van der Waals surface area contributed by atoms with Gasteiger partial charge < -0.3 is 30.8 Å². The van der Waals surface area contributed by atoms with Gasteiger partial charge in [-0.15, -0.1) is 0 Å². The summed E-state index contributed by atoms with van der Waals surface area (Å²) in [6.07, 6.45) is 0. The molecule has 9 N–H and O–H groups in total. The van der Waals surface area contributed by atoms with Crippen molar-refractivity contribution in [2.24, 2.45) is 10.8 Å². The number of nitrogens with zero attached hydrogens (tertiary/aromatic N) is 2. The summed E-state index contributed by atoms with van der Waals surface area (Å²) >= 11 is 0. The third-order valence-corrected chi connectivity index (χ3v) is 13.8. The number of rotatable bonds is 11. The van der Waals surface area contributed by atoms with Crippen LogP contribution in [0.5, 0.6) is 0 Å². The number of para-hydroxylation sites is 2. The van der Waals surface area contributed by atoms with Crippen molar-refractivity contribution in [3.63, 3.8) is 0 Å². The van der Waals surface area contributed by atoms with Crippen LogP contribution >= 0.6 is 0 Å². The zero-order valence-corrected chi connectivity index (χ0v) is 41.1. The average molecular weight is 1010 g/mol. The summed E-state index contributed by atoms with van der Waals surface area (Å²) in [5, 5.41) is 22.3. The second-order valence-corrected chi connectivity index (χ2v) is 19.8.